The van der Waals surface area contributed by atoms with E-state index in [0.29, 0.717) is 12.0 Å². The van der Waals surface area contributed by atoms with Crippen molar-refractivity contribution >= 4 is 0 Å². The molecular formula is C15H26O4. The molecule has 2 saturated heterocycles. The molecule has 3 fully saturated rings. The Labute approximate surface area is 115 Å². The molecule has 0 spiro atoms. The number of epoxide rings is 1. The van der Waals surface area contributed by atoms with Crippen LogP contribution in [0.3, 0.4) is 0 Å². The molecule has 0 aromatic rings. The van der Waals surface area contributed by atoms with E-state index in [9.17, 15) is 5.11 Å². The van der Waals surface area contributed by atoms with Crippen LogP contribution in [-0.4, -0.2) is 41.4 Å². The van der Waals surface area contributed by atoms with Crippen LogP contribution in [0.15, 0.2) is 0 Å². The average molecular weight is 270 g/mol. The van der Waals surface area contributed by atoms with E-state index in [1.807, 2.05) is 20.8 Å². The largest absolute Gasteiger partial charge is 0.393 e. The van der Waals surface area contributed by atoms with Crippen molar-refractivity contribution in [1.82, 2.24) is 0 Å². The van der Waals surface area contributed by atoms with E-state index in [1.54, 1.807) is 0 Å². The number of rotatable bonds is 4. The average Bonchev–Trinajstić information content (AvgIpc) is 3.17. The third kappa shape index (κ3) is 2.82. The highest BCUT2D eigenvalue weighted by Crippen LogP contribution is 2.48. The maximum atomic E-state index is 9.26. The Morgan fingerprint density at radius 1 is 1.11 bits per heavy atom. The molecule has 3 aliphatic rings. The Morgan fingerprint density at radius 2 is 1.79 bits per heavy atom. The van der Waals surface area contributed by atoms with Crippen molar-refractivity contribution in [2.45, 2.75) is 76.7 Å². The van der Waals surface area contributed by atoms with Gasteiger partial charge < -0.3 is 19.3 Å². The summed E-state index contributed by atoms with van der Waals surface area (Å²) in [4.78, 5) is 0. The minimum Gasteiger partial charge on any atom is -0.393 e. The lowest BCUT2D eigenvalue weighted by atomic mass is 9.96. The maximum Gasteiger partial charge on any atom is 0.163 e. The fourth-order valence-electron chi connectivity index (χ4n) is 3.39. The van der Waals surface area contributed by atoms with Gasteiger partial charge in [-0.2, -0.15) is 0 Å². The minimum atomic E-state index is -0.500. The van der Waals surface area contributed by atoms with Crippen LogP contribution >= 0.6 is 0 Å². The Morgan fingerprint density at radius 3 is 2.32 bits per heavy atom. The van der Waals surface area contributed by atoms with Gasteiger partial charge in [-0.15, -0.1) is 0 Å². The molecule has 4 nitrogen and oxygen atoms in total. The van der Waals surface area contributed by atoms with E-state index in [-0.39, 0.29) is 24.4 Å². The van der Waals surface area contributed by atoms with E-state index >= 15 is 0 Å². The Kier molecular flexibility index (Phi) is 3.21. The highest BCUT2D eigenvalue weighted by Gasteiger charge is 2.54. The molecule has 2 aliphatic heterocycles. The second-order valence-corrected chi connectivity index (χ2v) is 7.22. The van der Waals surface area contributed by atoms with Gasteiger partial charge in [0.05, 0.1) is 24.9 Å². The summed E-state index contributed by atoms with van der Waals surface area (Å²) in [6, 6.07) is 0. The van der Waals surface area contributed by atoms with Crippen LogP contribution < -0.4 is 0 Å². The molecule has 0 amide bonds. The second kappa shape index (κ2) is 4.42. The van der Waals surface area contributed by atoms with Crippen LogP contribution in [-0.2, 0) is 14.2 Å². The SMILES string of the molecule is C[C@H]1C[C@@H]1[C@@H]1C[C@H](C[C@@H]2O[C@@]2(C)CO)OC(C)(C)O1. The van der Waals surface area contributed by atoms with Gasteiger partial charge in [0.25, 0.3) is 0 Å². The molecule has 1 aliphatic carbocycles. The molecule has 0 unspecified atom stereocenters. The molecule has 6 atom stereocenters. The summed E-state index contributed by atoms with van der Waals surface area (Å²) in [6.45, 7) is 8.34. The molecule has 0 bridgehead atoms. The lowest BCUT2D eigenvalue weighted by Crippen LogP contribution is -2.46. The van der Waals surface area contributed by atoms with E-state index in [0.717, 1.165) is 18.8 Å². The molecule has 0 aromatic heterocycles. The molecule has 4 heteroatoms. The van der Waals surface area contributed by atoms with Crippen molar-refractivity contribution in [1.29, 1.82) is 0 Å². The van der Waals surface area contributed by atoms with Crippen LogP contribution in [0.25, 0.3) is 0 Å². The first-order valence-electron chi connectivity index (χ1n) is 7.47. The van der Waals surface area contributed by atoms with Gasteiger partial charge in [0.2, 0.25) is 0 Å². The second-order valence-electron chi connectivity index (χ2n) is 7.22. The quantitative estimate of drug-likeness (QED) is 0.795. The van der Waals surface area contributed by atoms with E-state index in [1.165, 1.54) is 6.42 Å². The zero-order chi connectivity index (χ0) is 13.8. The highest BCUT2D eigenvalue weighted by molar-refractivity contribution is 5.01. The van der Waals surface area contributed by atoms with Gasteiger partial charge in [0.1, 0.15) is 5.60 Å². The van der Waals surface area contributed by atoms with Gasteiger partial charge in [-0.05, 0) is 39.0 Å². The smallest absolute Gasteiger partial charge is 0.163 e. The number of hydrogen-bond acceptors (Lipinski definition) is 4. The highest BCUT2D eigenvalue weighted by atomic mass is 16.7. The summed E-state index contributed by atoms with van der Waals surface area (Å²) in [5, 5.41) is 9.26. The maximum absolute atomic E-state index is 9.26. The van der Waals surface area contributed by atoms with Gasteiger partial charge >= 0.3 is 0 Å². The van der Waals surface area contributed by atoms with Crippen molar-refractivity contribution in [3.63, 3.8) is 0 Å². The molecule has 19 heavy (non-hydrogen) atoms. The topological polar surface area (TPSA) is 51.2 Å². The number of aliphatic hydroxyl groups is 1. The Hall–Kier alpha value is -0.160. The van der Waals surface area contributed by atoms with E-state index < -0.39 is 5.79 Å². The molecular weight excluding hydrogens is 244 g/mol. The summed E-state index contributed by atoms with van der Waals surface area (Å²) in [5.74, 6) is 0.995. The fraction of sp³-hybridized carbons (Fsp3) is 1.00. The number of hydrogen-bond donors (Lipinski definition) is 1. The van der Waals surface area contributed by atoms with Gasteiger partial charge in [-0.3, -0.25) is 0 Å². The van der Waals surface area contributed by atoms with Crippen molar-refractivity contribution in [3.05, 3.63) is 0 Å². The van der Waals surface area contributed by atoms with Gasteiger partial charge in [0, 0.05) is 12.8 Å². The lowest BCUT2D eigenvalue weighted by Gasteiger charge is -2.41. The first kappa shape index (κ1) is 13.8. The summed E-state index contributed by atoms with van der Waals surface area (Å²) in [6.07, 6.45) is 3.74. The van der Waals surface area contributed by atoms with Crippen molar-refractivity contribution in [2.24, 2.45) is 11.8 Å². The zero-order valence-electron chi connectivity index (χ0n) is 12.4. The molecule has 110 valence electrons. The predicted molar refractivity (Wildman–Crippen MR) is 70.7 cm³/mol. The normalized spacial score (nSPS) is 51.9. The Balaban J connectivity index is 1.59. The first-order chi connectivity index (χ1) is 8.83. The summed E-state index contributed by atoms with van der Waals surface area (Å²) < 4.78 is 17.7. The summed E-state index contributed by atoms with van der Waals surface area (Å²) >= 11 is 0. The van der Waals surface area contributed by atoms with Gasteiger partial charge in [-0.1, -0.05) is 6.92 Å². The third-order valence-corrected chi connectivity index (χ3v) is 4.86. The fourth-order valence-corrected chi connectivity index (χ4v) is 3.39. The van der Waals surface area contributed by atoms with Crippen molar-refractivity contribution < 1.29 is 19.3 Å². The predicted octanol–water partition coefficient (Wildman–Crippen LogP) is 2.09. The van der Waals surface area contributed by atoms with Gasteiger partial charge in [-0.25, -0.2) is 0 Å². The van der Waals surface area contributed by atoms with Crippen molar-refractivity contribution in [2.75, 3.05) is 6.61 Å². The molecule has 1 saturated carbocycles. The van der Waals surface area contributed by atoms with E-state index in [2.05, 4.69) is 6.92 Å². The van der Waals surface area contributed by atoms with E-state index in [4.69, 9.17) is 14.2 Å². The number of ether oxygens (including phenoxy) is 3. The standard InChI is InChI=1S/C15H26O4/c1-9-5-11(9)12-6-10(17-14(2,3)18-12)7-13-15(4,8-16)19-13/h9-13,16H,5-8H2,1-4H3/t9-,10+,11-,12-,13-,15-/m0/s1. The van der Waals surface area contributed by atoms with Crippen LogP contribution in [0, 0.1) is 11.8 Å². The summed E-state index contributed by atoms with van der Waals surface area (Å²) in [5.41, 5.74) is -0.339. The molecule has 3 rings (SSSR count). The third-order valence-electron chi connectivity index (χ3n) is 4.86. The van der Waals surface area contributed by atoms with Gasteiger partial charge in [0.15, 0.2) is 5.79 Å². The van der Waals surface area contributed by atoms with Crippen molar-refractivity contribution in [3.8, 4) is 0 Å². The minimum absolute atomic E-state index is 0.0906. The number of aliphatic hydroxyl groups excluding tert-OH is 1. The molecule has 0 radical (unpaired) electrons. The van der Waals surface area contributed by atoms with Crippen LogP contribution in [0.2, 0.25) is 0 Å². The van der Waals surface area contributed by atoms with Crippen LogP contribution in [0.5, 0.6) is 0 Å². The molecule has 2 heterocycles. The first-order valence-corrected chi connectivity index (χ1v) is 7.47. The zero-order valence-corrected chi connectivity index (χ0v) is 12.4. The molecule has 0 aromatic carbocycles. The lowest BCUT2D eigenvalue weighted by molar-refractivity contribution is -0.304. The Bertz CT molecular complexity index is 354. The van der Waals surface area contributed by atoms with Crippen LogP contribution in [0.4, 0.5) is 0 Å². The van der Waals surface area contributed by atoms with Crippen LogP contribution in [0.1, 0.15) is 47.0 Å². The monoisotopic (exact) mass is 270 g/mol. The summed E-state index contributed by atoms with van der Waals surface area (Å²) in [7, 11) is 0. The molecule has 1 N–H and O–H groups in total.